The zero-order valence-electron chi connectivity index (χ0n) is 9.63. The summed E-state index contributed by atoms with van der Waals surface area (Å²) in [5, 5.41) is 7.21. The number of aromatic nitrogens is 3. The number of hydrogen-bond acceptors (Lipinski definition) is 3. The van der Waals surface area contributed by atoms with E-state index in [9.17, 15) is 0 Å². The van der Waals surface area contributed by atoms with Crippen molar-refractivity contribution >= 4 is 0 Å². The summed E-state index contributed by atoms with van der Waals surface area (Å²) in [7, 11) is 0. The van der Waals surface area contributed by atoms with Crippen molar-refractivity contribution in [2.75, 3.05) is 0 Å². The highest BCUT2D eigenvalue weighted by Gasteiger charge is 2.27. The van der Waals surface area contributed by atoms with Crippen LogP contribution in [-0.2, 0) is 6.42 Å². The number of aromatic amines is 1. The second kappa shape index (κ2) is 4.30. The van der Waals surface area contributed by atoms with Gasteiger partial charge < -0.3 is 5.73 Å². The van der Waals surface area contributed by atoms with Gasteiger partial charge in [0.25, 0.3) is 0 Å². The molecule has 2 aromatic rings. The number of nitrogens with zero attached hydrogens (tertiary/aromatic N) is 2. The topological polar surface area (TPSA) is 67.6 Å². The Labute approximate surface area is 100 Å². The lowest BCUT2D eigenvalue weighted by Crippen LogP contribution is -2.15. The van der Waals surface area contributed by atoms with Gasteiger partial charge in [0.05, 0.1) is 6.04 Å². The molecule has 3 N–H and O–H groups in total. The molecule has 0 unspecified atom stereocenters. The van der Waals surface area contributed by atoms with Gasteiger partial charge in [0, 0.05) is 5.92 Å². The Morgan fingerprint density at radius 1 is 1.29 bits per heavy atom. The molecule has 1 saturated carbocycles. The zero-order valence-corrected chi connectivity index (χ0v) is 9.63. The van der Waals surface area contributed by atoms with Crippen molar-refractivity contribution in [3.63, 3.8) is 0 Å². The first-order chi connectivity index (χ1) is 8.33. The Bertz CT molecular complexity index is 487. The molecule has 0 radical (unpaired) electrons. The maximum atomic E-state index is 6.12. The fraction of sp³-hybridized carbons (Fsp3) is 0.385. The number of hydrogen-bond donors (Lipinski definition) is 2. The molecule has 3 rings (SSSR count). The molecule has 0 spiro atoms. The van der Waals surface area contributed by atoms with Crippen molar-refractivity contribution < 1.29 is 0 Å². The zero-order chi connectivity index (χ0) is 11.7. The van der Waals surface area contributed by atoms with E-state index >= 15 is 0 Å². The average Bonchev–Trinajstić information content (AvgIpc) is 3.08. The van der Waals surface area contributed by atoms with Crippen LogP contribution in [0.4, 0.5) is 0 Å². The van der Waals surface area contributed by atoms with Crippen molar-refractivity contribution in [2.24, 2.45) is 5.73 Å². The summed E-state index contributed by atoms with van der Waals surface area (Å²) in [6.07, 6.45) is 3.23. The molecule has 1 atom stereocenters. The summed E-state index contributed by atoms with van der Waals surface area (Å²) in [5.74, 6) is 2.33. The first kappa shape index (κ1) is 10.5. The van der Waals surface area contributed by atoms with Gasteiger partial charge in [-0.3, -0.25) is 5.10 Å². The number of nitrogens with one attached hydrogen (secondary N) is 1. The minimum Gasteiger partial charge on any atom is -0.321 e. The van der Waals surface area contributed by atoms with Gasteiger partial charge in [-0.25, -0.2) is 4.98 Å². The molecule has 1 aliphatic rings. The number of benzene rings is 1. The van der Waals surface area contributed by atoms with E-state index in [1.165, 1.54) is 18.4 Å². The molecule has 1 aromatic carbocycles. The predicted octanol–water partition coefficient (Wildman–Crippen LogP) is 1.92. The maximum Gasteiger partial charge on any atom is 0.167 e. The molecule has 1 heterocycles. The molecule has 0 saturated heterocycles. The predicted molar refractivity (Wildman–Crippen MR) is 65.4 cm³/mol. The lowest BCUT2D eigenvalue weighted by Gasteiger charge is -2.06. The summed E-state index contributed by atoms with van der Waals surface area (Å²) in [4.78, 5) is 4.48. The maximum absolute atomic E-state index is 6.12. The van der Waals surface area contributed by atoms with Gasteiger partial charge >= 0.3 is 0 Å². The summed E-state index contributed by atoms with van der Waals surface area (Å²) in [6, 6.07) is 10.1. The molecule has 1 aliphatic carbocycles. The second-order valence-corrected chi connectivity index (χ2v) is 4.65. The minimum absolute atomic E-state index is 0.124. The minimum atomic E-state index is -0.124. The highest BCUT2D eigenvalue weighted by molar-refractivity contribution is 5.17. The SMILES string of the molecule is N[C@@H](Cc1ccccc1)c1n[nH]c(C2CC2)n1. The Hall–Kier alpha value is -1.68. The van der Waals surface area contributed by atoms with E-state index < -0.39 is 0 Å². The van der Waals surface area contributed by atoms with E-state index in [2.05, 4.69) is 27.3 Å². The Morgan fingerprint density at radius 3 is 2.76 bits per heavy atom. The smallest absolute Gasteiger partial charge is 0.167 e. The van der Waals surface area contributed by atoms with Crippen LogP contribution in [0.3, 0.4) is 0 Å². The van der Waals surface area contributed by atoms with E-state index in [0.29, 0.717) is 5.92 Å². The van der Waals surface area contributed by atoms with Crippen LogP contribution in [0.15, 0.2) is 30.3 Å². The lowest BCUT2D eigenvalue weighted by atomic mass is 10.1. The van der Waals surface area contributed by atoms with Gasteiger partial charge in [0.2, 0.25) is 0 Å². The fourth-order valence-corrected chi connectivity index (χ4v) is 1.95. The third-order valence-electron chi connectivity index (χ3n) is 3.11. The van der Waals surface area contributed by atoms with E-state index in [1.807, 2.05) is 18.2 Å². The number of rotatable bonds is 4. The van der Waals surface area contributed by atoms with Gasteiger partial charge in [0.1, 0.15) is 5.82 Å². The summed E-state index contributed by atoms with van der Waals surface area (Å²) < 4.78 is 0. The van der Waals surface area contributed by atoms with Crippen LogP contribution in [0.2, 0.25) is 0 Å². The van der Waals surface area contributed by atoms with Gasteiger partial charge in [-0.1, -0.05) is 30.3 Å². The molecule has 0 bridgehead atoms. The van der Waals surface area contributed by atoms with Crippen LogP contribution < -0.4 is 5.73 Å². The quantitative estimate of drug-likeness (QED) is 0.840. The summed E-state index contributed by atoms with van der Waals surface area (Å²) in [5.41, 5.74) is 7.34. The Morgan fingerprint density at radius 2 is 2.06 bits per heavy atom. The molecule has 88 valence electrons. The van der Waals surface area contributed by atoms with Crippen LogP contribution in [-0.4, -0.2) is 15.2 Å². The van der Waals surface area contributed by atoms with Crippen LogP contribution >= 0.6 is 0 Å². The van der Waals surface area contributed by atoms with Gasteiger partial charge in [-0.15, -0.1) is 0 Å². The molecule has 4 heteroatoms. The first-order valence-electron chi connectivity index (χ1n) is 6.04. The number of H-pyrrole nitrogens is 1. The van der Waals surface area contributed by atoms with E-state index in [4.69, 9.17) is 5.73 Å². The van der Waals surface area contributed by atoms with Crippen LogP contribution in [0.1, 0.15) is 42.0 Å². The molecule has 1 fully saturated rings. The summed E-state index contributed by atoms with van der Waals surface area (Å²) in [6.45, 7) is 0. The van der Waals surface area contributed by atoms with Gasteiger partial charge in [-0.05, 0) is 24.8 Å². The first-order valence-corrected chi connectivity index (χ1v) is 6.04. The molecule has 0 amide bonds. The van der Waals surface area contributed by atoms with Crippen LogP contribution in [0.25, 0.3) is 0 Å². The molecular formula is C13H16N4. The van der Waals surface area contributed by atoms with Crippen LogP contribution in [0, 0.1) is 0 Å². The molecular weight excluding hydrogens is 212 g/mol. The fourth-order valence-electron chi connectivity index (χ4n) is 1.95. The Kier molecular flexibility index (Phi) is 2.65. The molecule has 4 nitrogen and oxygen atoms in total. The van der Waals surface area contributed by atoms with Crippen molar-refractivity contribution in [3.05, 3.63) is 47.5 Å². The van der Waals surface area contributed by atoms with Crippen LogP contribution in [0.5, 0.6) is 0 Å². The molecule has 0 aliphatic heterocycles. The second-order valence-electron chi connectivity index (χ2n) is 4.65. The normalized spacial score (nSPS) is 17.0. The van der Waals surface area contributed by atoms with Crippen molar-refractivity contribution in [2.45, 2.75) is 31.2 Å². The lowest BCUT2D eigenvalue weighted by molar-refractivity contribution is 0.670. The Balaban J connectivity index is 1.70. The average molecular weight is 228 g/mol. The van der Waals surface area contributed by atoms with E-state index in [0.717, 1.165) is 18.1 Å². The highest BCUT2D eigenvalue weighted by Crippen LogP contribution is 2.38. The largest absolute Gasteiger partial charge is 0.321 e. The van der Waals surface area contributed by atoms with Gasteiger partial charge in [-0.2, -0.15) is 5.10 Å². The number of nitrogens with two attached hydrogens (primary N) is 1. The highest BCUT2D eigenvalue weighted by atomic mass is 15.2. The third kappa shape index (κ3) is 2.36. The van der Waals surface area contributed by atoms with Crippen molar-refractivity contribution in [1.82, 2.24) is 15.2 Å². The van der Waals surface area contributed by atoms with Crippen molar-refractivity contribution in [3.8, 4) is 0 Å². The third-order valence-corrected chi connectivity index (χ3v) is 3.11. The van der Waals surface area contributed by atoms with Gasteiger partial charge in [0.15, 0.2) is 5.82 Å². The van der Waals surface area contributed by atoms with E-state index in [1.54, 1.807) is 0 Å². The standard InChI is InChI=1S/C13H16N4/c14-11(8-9-4-2-1-3-5-9)13-15-12(16-17-13)10-6-7-10/h1-5,10-11H,6-8,14H2,(H,15,16,17)/t11-/m0/s1. The molecule has 17 heavy (non-hydrogen) atoms. The molecule has 1 aromatic heterocycles. The van der Waals surface area contributed by atoms with Crippen molar-refractivity contribution in [1.29, 1.82) is 0 Å². The monoisotopic (exact) mass is 228 g/mol. The van der Waals surface area contributed by atoms with E-state index in [-0.39, 0.29) is 6.04 Å². The summed E-state index contributed by atoms with van der Waals surface area (Å²) >= 11 is 0.